The van der Waals surface area contributed by atoms with Crippen molar-refractivity contribution in [3.05, 3.63) is 0 Å². The van der Waals surface area contributed by atoms with E-state index >= 15 is 0 Å². The predicted molar refractivity (Wildman–Crippen MR) is 46.1 cm³/mol. The van der Waals surface area contributed by atoms with Crippen LogP contribution in [0.25, 0.3) is 0 Å². The molecule has 2 nitrogen and oxygen atoms in total. The van der Waals surface area contributed by atoms with Crippen LogP contribution in [0.15, 0.2) is 0 Å². The Hall–Kier alpha value is -0.0800. The van der Waals surface area contributed by atoms with E-state index in [2.05, 4.69) is 37.6 Å². The summed E-state index contributed by atoms with van der Waals surface area (Å²) >= 11 is 0. The Balaban J connectivity index is 3.41. The minimum absolute atomic E-state index is 1.10. The maximum atomic E-state index is 2.41. The minimum Gasteiger partial charge on any atom is -0.294 e. The van der Waals surface area contributed by atoms with Crippen LogP contribution in [0.3, 0.4) is 0 Å². The number of hydrogen-bond acceptors (Lipinski definition) is 2. The van der Waals surface area contributed by atoms with Gasteiger partial charge in [-0.15, -0.1) is 0 Å². The summed E-state index contributed by atoms with van der Waals surface area (Å²) in [5, 5.41) is 0. The summed E-state index contributed by atoms with van der Waals surface area (Å²) in [5.41, 5.74) is 0. The Morgan fingerprint density at radius 2 is 1.40 bits per heavy atom. The van der Waals surface area contributed by atoms with Crippen molar-refractivity contribution in [3.8, 4) is 0 Å². The standard InChI is InChI=1S/C8H20N2/c1-5-9(4)8-10(6-2)7-3/h5-8H2,1-4H3. The van der Waals surface area contributed by atoms with E-state index in [0.717, 1.165) is 26.3 Å². The van der Waals surface area contributed by atoms with Gasteiger partial charge in [0.2, 0.25) is 0 Å². The number of nitrogens with zero attached hydrogens (tertiary/aromatic N) is 2. The topological polar surface area (TPSA) is 6.48 Å². The SMILES string of the molecule is CCN(C)CN(CC)CC. The first-order valence-corrected chi connectivity index (χ1v) is 4.15. The number of rotatable bonds is 5. The van der Waals surface area contributed by atoms with Crippen molar-refractivity contribution in [3.63, 3.8) is 0 Å². The maximum absolute atomic E-state index is 2.41. The van der Waals surface area contributed by atoms with E-state index in [-0.39, 0.29) is 0 Å². The molecule has 2 heteroatoms. The highest BCUT2D eigenvalue weighted by Crippen LogP contribution is 1.89. The molecule has 0 aromatic rings. The predicted octanol–water partition coefficient (Wildman–Crippen LogP) is 1.24. The Labute approximate surface area is 64.8 Å². The Morgan fingerprint density at radius 1 is 0.900 bits per heavy atom. The van der Waals surface area contributed by atoms with Gasteiger partial charge in [-0.1, -0.05) is 20.8 Å². The van der Waals surface area contributed by atoms with Gasteiger partial charge in [-0.3, -0.25) is 9.80 Å². The van der Waals surface area contributed by atoms with E-state index in [0.29, 0.717) is 0 Å². The first kappa shape index (κ1) is 9.92. The Kier molecular flexibility index (Phi) is 5.64. The van der Waals surface area contributed by atoms with Gasteiger partial charge in [0.1, 0.15) is 0 Å². The van der Waals surface area contributed by atoms with Crippen LogP contribution in [0, 0.1) is 0 Å². The molecule has 0 spiro atoms. The molecule has 10 heavy (non-hydrogen) atoms. The van der Waals surface area contributed by atoms with Crippen molar-refractivity contribution in [2.24, 2.45) is 0 Å². The van der Waals surface area contributed by atoms with Crippen molar-refractivity contribution in [2.75, 3.05) is 33.4 Å². The summed E-state index contributed by atoms with van der Waals surface area (Å²) in [6, 6.07) is 0. The van der Waals surface area contributed by atoms with Crippen LogP contribution in [-0.2, 0) is 0 Å². The van der Waals surface area contributed by atoms with E-state index in [1.807, 2.05) is 0 Å². The van der Waals surface area contributed by atoms with Crippen LogP contribution < -0.4 is 0 Å². The lowest BCUT2D eigenvalue weighted by atomic mass is 10.5. The van der Waals surface area contributed by atoms with E-state index in [4.69, 9.17) is 0 Å². The molecule has 0 heterocycles. The van der Waals surface area contributed by atoms with Gasteiger partial charge in [-0.05, 0) is 26.7 Å². The smallest absolute Gasteiger partial charge is 0.0503 e. The lowest BCUT2D eigenvalue weighted by Crippen LogP contribution is -2.35. The summed E-state index contributed by atoms with van der Waals surface area (Å²) in [4.78, 5) is 4.72. The average molecular weight is 144 g/mol. The molecule has 0 N–H and O–H groups in total. The molecule has 0 aliphatic rings. The molecule has 0 amide bonds. The molecule has 0 atom stereocenters. The third kappa shape index (κ3) is 3.85. The summed E-state index contributed by atoms with van der Waals surface area (Å²) in [7, 11) is 2.15. The lowest BCUT2D eigenvalue weighted by Gasteiger charge is -2.24. The Bertz CT molecular complexity index is 69.7. The van der Waals surface area contributed by atoms with Crippen molar-refractivity contribution in [2.45, 2.75) is 20.8 Å². The molecular weight excluding hydrogens is 124 g/mol. The monoisotopic (exact) mass is 144 g/mol. The van der Waals surface area contributed by atoms with Crippen molar-refractivity contribution >= 4 is 0 Å². The zero-order valence-corrected chi connectivity index (χ0v) is 7.72. The van der Waals surface area contributed by atoms with Gasteiger partial charge in [-0.25, -0.2) is 0 Å². The Morgan fingerprint density at radius 3 is 1.70 bits per heavy atom. The lowest BCUT2D eigenvalue weighted by molar-refractivity contribution is 0.173. The second kappa shape index (κ2) is 5.69. The van der Waals surface area contributed by atoms with Crippen LogP contribution in [0.5, 0.6) is 0 Å². The molecule has 0 rings (SSSR count). The molecule has 62 valence electrons. The summed E-state index contributed by atoms with van der Waals surface area (Å²) < 4.78 is 0. The van der Waals surface area contributed by atoms with Gasteiger partial charge in [0, 0.05) is 0 Å². The van der Waals surface area contributed by atoms with Crippen molar-refractivity contribution < 1.29 is 0 Å². The molecule has 0 aliphatic heterocycles. The first-order chi connectivity index (χ1) is 4.74. The fraction of sp³-hybridized carbons (Fsp3) is 1.00. The fourth-order valence-electron chi connectivity index (χ4n) is 0.865. The molecule has 0 radical (unpaired) electrons. The molecule has 0 aromatic heterocycles. The highest BCUT2D eigenvalue weighted by Gasteiger charge is 2.00. The van der Waals surface area contributed by atoms with Gasteiger partial charge < -0.3 is 0 Å². The zero-order chi connectivity index (χ0) is 7.98. The molecule has 0 saturated heterocycles. The third-order valence-corrected chi connectivity index (χ3v) is 1.88. The third-order valence-electron chi connectivity index (χ3n) is 1.88. The van der Waals surface area contributed by atoms with Crippen molar-refractivity contribution in [1.29, 1.82) is 0 Å². The summed E-state index contributed by atoms with van der Waals surface area (Å²) in [6.45, 7) is 11.1. The molecular formula is C8H20N2. The van der Waals surface area contributed by atoms with E-state index in [1.54, 1.807) is 0 Å². The average Bonchev–Trinajstić information content (AvgIpc) is 1.99. The van der Waals surface area contributed by atoms with Crippen LogP contribution >= 0.6 is 0 Å². The molecule has 0 aromatic carbocycles. The first-order valence-electron chi connectivity index (χ1n) is 4.15. The van der Waals surface area contributed by atoms with Gasteiger partial charge in [-0.2, -0.15) is 0 Å². The van der Waals surface area contributed by atoms with Crippen LogP contribution in [-0.4, -0.2) is 43.2 Å². The van der Waals surface area contributed by atoms with Gasteiger partial charge in [0.05, 0.1) is 6.67 Å². The zero-order valence-electron chi connectivity index (χ0n) is 7.72. The van der Waals surface area contributed by atoms with Crippen LogP contribution in [0.1, 0.15) is 20.8 Å². The maximum Gasteiger partial charge on any atom is 0.0503 e. The fourth-order valence-corrected chi connectivity index (χ4v) is 0.865. The molecule has 0 aliphatic carbocycles. The van der Waals surface area contributed by atoms with Crippen LogP contribution in [0.4, 0.5) is 0 Å². The second-order valence-electron chi connectivity index (χ2n) is 2.62. The normalized spacial score (nSPS) is 11.4. The van der Waals surface area contributed by atoms with Gasteiger partial charge in [0.25, 0.3) is 0 Å². The van der Waals surface area contributed by atoms with Crippen LogP contribution in [0.2, 0.25) is 0 Å². The van der Waals surface area contributed by atoms with Gasteiger partial charge in [0.15, 0.2) is 0 Å². The largest absolute Gasteiger partial charge is 0.294 e. The summed E-state index contributed by atoms with van der Waals surface area (Å²) in [6.07, 6.45) is 0. The summed E-state index contributed by atoms with van der Waals surface area (Å²) in [5.74, 6) is 0. The minimum atomic E-state index is 1.10. The quantitative estimate of drug-likeness (QED) is 0.536. The van der Waals surface area contributed by atoms with E-state index in [9.17, 15) is 0 Å². The highest BCUT2D eigenvalue weighted by molar-refractivity contribution is 4.50. The highest BCUT2D eigenvalue weighted by atomic mass is 15.3. The second-order valence-corrected chi connectivity index (χ2v) is 2.62. The van der Waals surface area contributed by atoms with Crippen molar-refractivity contribution in [1.82, 2.24) is 9.80 Å². The van der Waals surface area contributed by atoms with E-state index in [1.165, 1.54) is 0 Å². The molecule has 0 saturated carbocycles. The van der Waals surface area contributed by atoms with E-state index < -0.39 is 0 Å². The molecule has 0 bridgehead atoms. The molecule has 0 unspecified atom stereocenters. The number of hydrogen-bond donors (Lipinski definition) is 0. The van der Waals surface area contributed by atoms with Gasteiger partial charge >= 0.3 is 0 Å². The molecule has 0 fully saturated rings.